The fourth-order valence-electron chi connectivity index (χ4n) is 2.23. The Hall–Kier alpha value is -1.84. The van der Waals surface area contributed by atoms with Crippen molar-refractivity contribution in [2.45, 2.75) is 18.5 Å². The second-order valence-electron chi connectivity index (χ2n) is 5.40. The van der Waals surface area contributed by atoms with E-state index < -0.39 is 23.5 Å². The van der Waals surface area contributed by atoms with Gasteiger partial charge in [-0.2, -0.15) is 13.2 Å². The summed E-state index contributed by atoms with van der Waals surface area (Å²) in [5.74, 6) is -4.67. The maximum atomic E-state index is 13.0. The number of pyridine rings is 1. The highest BCUT2D eigenvalue weighted by Gasteiger charge is 2.76. The number of anilines is 2. The molecule has 5 nitrogen and oxygen atoms in total. The Morgan fingerprint density at radius 1 is 1.35 bits per heavy atom. The van der Waals surface area contributed by atoms with Gasteiger partial charge < -0.3 is 15.7 Å². The van der Waals surface area contributed by atoms with Crippen molar-refractivity contribution in [2.24, 2.45) is 5.41 Å². The van der Waals surface area contributed by atoms with E-state index in [1.807, 2.05) is 0 Å². The molecule has 3 N–H and O–H groups in total. The van der Waals surface area contributed by atoms with Crippen molar-refractivity contribution < 1.29 is 31.9 Å². The zero-order valence-corrected chi connectivity index (χ0v) is 12.1. The molecule has 2 fully saturated rings. The summed E-state index contributed by atoms with van der Waals surface area (Å²) in [6.45, 7) is 0.680. The zero-order chi connectivity index (χ0) is 17.6. The fourth-order valence-corrected chi connectivity index (χ4v) is 2.45. The van der Waals surface area contributed by atoms with Crippen LogP contribution in [0, 0.1) is 5.41 Å². The highest BCUT2D eigenvalue weighted by atomic mass is 35.5. The summed E-state index contributed by atoms with van der Waals surface area (Å²) in [5, 5.41) is 7.42. The average Bonchev–Trinajstić information content (AvgIpc) is 2.89. The highest BCUT2D eigenvalue weighted by molar-refractivity contribution is 6.29. The maximum absolute atomic E-state index is 13.0. The molecule has 1 saturated carbocycles. The molecule has 128 valence electrons. The van der Waals surface area contributed by atoms with Crippen LogP contribution in [0.3, 0.4) is 0 Å². The Balaban J connectivity index is 0.000000236. The molecule has 2 aliphatic rings. The summed E-state index contributed by atoms with van der Waals surface area (Å²) in [6, 6.07) is 3.19. The van der Waals surface area contributed by atoms with Gasteiger partial charge in [0.25, 0.3) is 5.92 Å². The van der Waals surface area contributed by atoms with Crippen LogP contribution in [0.2, 0.25) is 5.15 Å². The minimum Gasteiger partial charge on any atom is -0.475 e. The van der Waals surface area contributed by atoms with Crippen molar-refractivity contribution in [1.29, 1.82) is 0 Å². The van der Waals surface area contributed by atoms with E-state index in [9.17, 15) is 22.0 Å². The minimum absolute atomic E-state index is 0.00739. The van der Waals surface area contributed by atoms with Crippen LogP contribution >= 0.6 is 11.6 Å². The Morgan fingerprint density at radius 3 is 2.17 bits per heavy atom. The van der Waals surface area contributed by atoms with Crippen LogP contribution in [0.25, 0.3) is 0 Å². The second kappa shape index (κ2) is 5.36. The molecule has 0 bridgehead atoms. The lowest BCUT2D eigenvalue weighted by Crippen LogP contribution is -2.51. The fraction of sp³-hybridized carbons (Fsp3) is 0.500. The van der Waals surface area contributed by atoms with Gasteiger partial charge in [0.2, 0.25) is 0 Å². The topological polar surface area (TPSA) is 79.5 Å². The van der Waals surface area contributed by atoms with E-state index in [0.717, 1.165) is 0 Å². The van der Waals surface area contributed by atoms with Crippen molar-refractivity contribution in [2.75, 3.05) is 23.7 Å². The Bertz CT molecular complexity index is 611. The third-order valence-corrected chi connectivity index (χ3v) is 3.76. The standard InChI is InChI=1S/C10H10ClF2N3.C2HF3O2/c11-7-1-6(14)2-8(15-7)16-4-9(5-16)3-10(9,12)13;3-2(4,5)1(6)7/h1-2H,3-5H2,(H2,14,15);(H,6,7). The van der Waals surface area contributed by atoms with E-state index in [4.69, 9.17) is 27.2 Å². The molecule has 0 amide bonds. The van der Waals surface area contributed by atoms with Crippen LogP contribution in [0.15, 0.2) is 12.1 Å². The molecule has 11 heteroatoms. The normalized spacial score (nSPS) is 20.3. The van der Waals surface area contributed by atoms with E-state index in [2.05, 4.69) is 4.98 Å². The van der Waals surface area contributed by atoms with Crippen LogP contribution in [0.5, 0.6) is 0 Å². The second-order valence-corrected chi connectivity index (χ2v) is 5.79. The molecule has 1 spiro atoms. The van der Waals surface area contributed by atoms with Crippen LogP contribution in [-0.4, -0.2) is 41.2 Å². The van der Waals surface area contributed by atoms with Crippen molar-refractivity contribution >= 4 is 29.1 Å². The smallest absolute Gasteiger partial charge is 0.475 e. The first kappa shape index (κ1) is 17.5. The number of halogens is 6. The largest absolute Gasteiger partial charge is 0.490 e. The molecule has 1 aromatic heterocycles. The number of hydrogen-bond donors (Lipinski definition) is 2. The molecule has 0 aromatic carbocycles. The van der Waals surface area contributed by atoms with Gasteiger partial charge in [0.15, 0.2) is 0 Å². The number of nitrogen functional groups attached to an aromatic ring is 1. The molecular formula is C12H11ClF5N3O2. The predicted molar refractivity (Wildman–Crippen MR) is 71.6 cm³/mol. The number of nitrogens with zero attached hydrogens (tertiary/aromatic N) is 2. The van der Waals surface area contributed by atoms with Gasteiger partial charge in [-0.05, 0) is 6.07 Å². The molecule has 0 atom stereocenters. The van der Waals surface area contributed by atoms with Crippen molar-refractivity contribution in [3.05, 3.63) is 17.3 Å². The van der Waals surface area contributed by atoms with Crippen LogP contribution in [0.4, 0.5) is 33.5 Å². The first-order chi connectivity index (χ1) is 10.4. The minimum atomic E-state index is -5.08. The van der Waals surface area contributed by atoms with E-state index in [1.165, 1.54) is 6.07 Å². The molecule has 1 aliphatic heterocycles. The lowest BCUT2D eigenvalue weighted by atomic mass is 9.96. The van der Waals surface area contributed by atoms with Gasteiger partial charge in [0.05, 0.1) is 5.41 Å². The van der Waals surface area contributed by atoms with Gasteiger partial charge in [-0.25, -0.2) is 18.6 Å². The summed E-state index contributed by atoms with van der Waals surface area (Å²) in [5.41, 5.74) is 5.31. The lowest BCUT2D eigenvalue weighted by Gasteiger charge is -2.40. The number of carboxylic acid groups (broad SMARTS) is 1. The van der Waals surface area contributed by atoms with E-state index in [1.54, 1.807) is 11.0 Å². The first-order valence-electron chi connectivity index (χ1n) is 6.22. The number of nitrogens with two attached hydrogens (primary N) is 1. The lowest BCUT2D eigenvalue weighted by molar-refractivity contribution is -0.192. The summed E-state index contributed by atoms with van der Waals surface area (Å²) < 4.78 is 57.7. The number of aromatic nitrogens is 1. The summed E-state index contributed by atoms with van der Waals surface area (Å²) in [7, 11) is 0. The Kier molecular flexibility index (Phi) is 4.08. The molecule has 23 heavy (non-hydrogen) atoms. The van der Waals surface area contributed by atoms with Crippen LogP contribution < -0.4 is 10.6 Å². The molecule has 1 aliphatic carbocycles. The predicted octanol–water partition coefficient (Wildman–Crippen LogP) is 2.80. The third-order valence-electron chi connectivity index (χ3n) is 3.57. The molecule has 1 aromatic rings. The Labute approximate surface area is 131 Å². The van der Waals surface area contributed by atoms with Crippen molar-refractivity contribution in [1.82, 2.24) is 4.98 Å². The summed E-state index contributed by atoms with van der Waals surface area (Å²) in [4.78, 5) is 14.7. The van der Waals surface area contributed by atoms with Gasteiger partial charge in [-0.15, -0.1) is 0 Å². The summed E-state index contributed by atoms with van der Waals surface area (Å²) in [6.07, 6.45) is -5.09. The van der Waals surface area contributed by atoms with Gasteiger partial charge in [0.1, 0.15) is 11.0 Å². The molecule has 1 saturated heterocycles. The highest BCUT2D eigenvalue weighted by Crippen LogP contribution is 2.65. The van der Waals surface area contributed by atoms with Gasteiger partial charge in [0, 0.05) is 31.3 Å². The molecule has 0 radical (unpaired) electrons. The van der Waals surface area contributed by atoms with Gasteiger partial charge >= 0.3 is 12.1 Å². The molecule has 0 unspecified atom stereocenters. The number of hydrogen-bond acceptors (Lipinski definition) is 4. The van der Waals surface area contributed by atoms with E-state index in [0.29, 0.717) is 29.7 Å². The quantitative estimate of drug-likeness (QED) is 0.595. The van der Waals surface area contributed by atoms with Gasteiger partial charge in [-0.1, -0.05) is 11.6 Å². The SMILES string of the molecule is Nc1cc(Cl)nc(N2CC3(C2)CC3(F)F)c1.O=C(O)C(F)(F)F. The number of alkyl halides is 5. The van der Waals surface area contributed by atoms with Crippen LogP contribution in [0.1, 0.15) is 6.42 Å². The van der Waals surface area contributed by atoms with E-state index >= 15 is 0 Å². The zero-order valence-electron chi connectivity index (χ0n) is 11.4. The maximum Gasteiger partial charge on any atom is 0.490 e. The summed E-state index contributed by atoms with van der Waals surface area (Å²) >= 11 is 5.75. The first-order valence-corrected chi connectivity index (χ1v) is 6.60. The number of rotatable bonds is 1. The molecule has 3 rings (SSSR count). The van der Waals surface area contributed by atoms with Gasteiger partial charge in [-0.3, -0.25) is 0 Å². The monoisotopic (exact) mass is 359 g/mol. The molecule has 2 heterocycles. The number of aliphatic carboxylic acids is 1. The average molecular weight is 360 g/mol. The number of carboxylic acids is 1. The van der Waals surface area contributed by atoms with Crippen molar-refractivity contribution in [3.63, 3.8) is 0 Å². The van der Waals surface area contributed by atoms with Crippen LogP contribution in [-0.2, 0) is 4.79 Å². The Morgan fingerprint density at radius 2 is 1.83 bits per heavy atom. The van der Waals surface area contributed by atoms with E-state index in [-0.39, 0.29) is 6.42 Å². The molecular weight excluding hydrogens is 349 g/mol. The number of carbonyl (C=O) groups is 1. The third kappa shape index (κ3) is 3.57. The van der Waals surface area contributed by atoms with Crippen molar-refractivity contribution in [3.8, 4) is 0 Å².